The third-order valence-corrected chi connectivity index (χ3v) is 4.22. The number of fused-ring (bicyclic) bond motifs is 2. The second kappa shape index (κ2) is 5.20. The fraction of sp³-hybridized carbons (Fsp3) is 0. The molecule has 4 aromatic rings. The normalized spacial score (nSPS) is 12.8. The molecule has 4 heteroatoms. The summed E-state index contributed by atoms with van der Waals surface area (Å²) in [6.45, 7) is 0. The minimum atomic E-state index is -0.513. The third-order valence-electron chi connectivity index (χ3n) is 4.22. The van der Waals surface area contributed by atoms with Crippen molar-refractivity contribution in [3.8, 4) is 22.8 Å². The van der Waals surface area contributed by atoms with Crippen molar-refractivity contribution in [2.24, 2.45) is 0 Å². The summed E-state index contributed by atoms with van der Waals surface area (Å²) in [7, 11) is -0.513. The van der Waals surface area contributed by atoms with E-state index in [1.54, 1.807) is 0 Å². The van der Waals surface area contributed by atoms with Gasteiger partial charge in [0, 0.05) is 10.9 Å². The first-order valence-electron chi connectivity index (χ1n) is 7.89. The molecular formula is C20H13BO3. The van der Waals surface area contributed by atoms with Crippen molar-refractivity contribution < 1.29 is 13.7 Å². The van der Waals surface area contributed by atoms with Crippen LogP contribution in [0.25, 0.3) is 22.3 Å². The standard InChI is InChI=1S/C20H13BO3/c1-2-8-14(9-3-1)20-19(15-10-4-5-11-16(15)22-20)21-23-17-12-6-7-13-18(17)24-21/h1-13H. The summed E-state index contributed by atoms with van der Waals surface area (Å²) in [5.74, 6) is 2.30. The number of benzene rings is 3. The Morgan fingerprint density at radius 2 is 1.25 bits per heavy atom. The number of hydrogen-bond acceptors (Lipinski definition) is 3. The summed E-state index contributed by atoms with van der Waals surface area (Å²) >= 11 is 0. The van der Waals surface area contributed by atoms with E-state index in [2.05, 4.69) is 0 Å². The van der Waals surface area contributed by atoms with Crippen LogP contribution in [0.15, 0.2) is 83.3 Å². The Balaban J connectivity index is 1.70. The lowest BCUT2D eigenvalue weighted by Gasteiger charge is -2.06. The lowest BCUT2D eigenvalue weighted by atomic mass is 9.76. The summed E-state index contributed by atoms with van der Waals surface area (Å²) in [6, 6.07) is 25.7. The number of rotatable bonds is 2. The van der Waals surface area contributed by atoms with Crippen LogP contribution in [0.4, 0.5) is 0 Å². The van der Waals surface area contributed by atoms with Gasteiger partial charge in [-0.25, -0.2) is 0 Å². The molecule has 0 spiro atoms. The molecule has 2 heterocycles. The Morgan fingerprint density at radius 3 is 2.00 bits per heavy atom. The van der Waals surface area contributed by atoms with Gasteiger partial charge < -0.3 is 13.7 Å². The Labute approximate surface area is 139 Å². The van der Waals surface area contributed by atoms with Gasteiger partial charge >= 0.3 is 7.12 Å². The van der Waals surface area contributed by atoms with Gasteiger partial charge in [-0.2, -0.15) is 0 Å². The maximum atomic E-state index is 6.14. The lowest BCUT2D eigenvalue weighted by Crippen LogP contribution is -2.39. The molecule has 3 nitrogen and oxygen atoms in total. The predicted octanol–water partition coefficient (Wildman–Crippen LogP) is 4.27. The molecule has 3 aromatic carbocycles. The number of hydrogen-bond donors (Lipinski definition) is 0. The van der Waals surface area contributed by atoms with Gasteiger partial charge in [0.15, 0.2) is 0 Å². The van der Waals surface area contributed by atoms with Crippen molar-refractivity contribution in [2.75, 3.05) is 0 Å². The highest BCUT2D eigenvalue weighted by molar-refractivity contribution is 6.68. The van der Waals surface area contributed by atoms with Crippen molar-refractivity contribution in [3.63, 3.8) is 0 Å². The van der Waals surface area contributed by atoms with Gasteiger partial charge in [-0.15, -0.1) is 0 Å². The molecule has 1 aromatic heterocycles. The number of para-hydroxylation sites is 3. The van der Waals surface area contributed by atoms with Gasteiger partial charge in [0.05, 0.1) is 5.46 Å². The van der Waals surface area contributed by atoms with E-state index < -0.39 is 7.12 Å². The minimum absolute atomic E-state index is 0.513. The van der Waals surface area contributed by atoms with Gasteiger partial charge in [-0.05, 0) is 18.2 Å². The first-order chi connectivity index (χ1) is 11.9. The van der Waals surface area contributed by atoms with E-state index in [1.165, 1.54) is 0 Å². The Morgan fingerprint density at radius 1 is 0.625 bits per heavy atom. The van der Waals surface area contributed by atoms with Gasteiger partial charge in [0.1, 0.15) is 22.8 Å². The second-order valence-corrected chi connectivity index (χ2v) is 5.72. The van der Waals surface area contributed by atoms with Gasteiger partial charge in [-0.3, -0.25) is 0 Å². The molecule has 0 bridgehead atoms. The Bertz CT molecular complexity index is 998. The molecule has 1 aliphatic rings. The van der Waals surface area contributed by atoms with Crippen LogP contribution in [0, 0.1) is 0 Å². The van der Waals surface area contributed by atoms with Crippen LogP contribution < -0.4 is 14.8 Å². The van der Waals surface area contributed by atoms with E-state index >= 15 is 0 Å². The topological polar surface area (TPSA) is 31.6 Å². The predicted molar refractivity (Wildman–Crippen MR) is 94.7 cm³/mol. The molecule has 24 heavy (non-hydrogen) atoms. The Kier molecular flexibility index (Phi) is 2.89. The zero-order valence-electron chi connectivity index (χ0n) is 12.8. The lowest BCUT2D eigenvalue weighted by molar-refractivity contribution is 0.518. The molecule has 0 saturated heterocycles. The van der Waals surface area contributed by atoms with Crippen LogP contribution in [-0.4, -0.2) is 7.12 Å². The monoisotopic (exact) mass is 312 g/mol. The molecule has 0 radical (unpaired) electrons. The quantitative estimate of drug-likeness (QED) is 0.518. The smallest absolute Gasteiger partial charge is 0.519 e. The van der Waals surface area contributed by atoms with Crippen molar-refractivity contribution in [1.29, 1.82) is 0 Å². The van der Waals surface area contributed by atoms with Gasteiger partial charge in [0.2, 0.25) is 0 Å². The van der Waals surface area contributed by atoms with Crippen molar-refractivity contribution in [2.45, 2.75) is 0 Å². The molecule has 0 saturated carbocycles. The van der Waals surface area contributed by atoms with Crippen LogP contribution in [0.1, 0.15) is 0 Å². The zero-order chi connectivity index (χ0) is 15.9. The summed E-state index contributed by atoms with van der Waals surface area (Å²) in [5.41, 5.74) is 2.76. The highest BCUT2D eigenvalue weighted by atomic mass is 16.6. The fourth-order valence-corrected chi connectivity index (χ4v) is 3.12. The van der Waals surface area contributed by atoms with E-state index in [0.717, 1.165) is 39.3 Å². The second-order valence-electron chi connectivity index (χ2n) is 5.72. The van der Waals surface area contributed by atoms with Crippen LogP contribution in [-0.2, 0) is 0 Å². The third kappa shape index (κ3) is 2.00. The molecular weight excluding hydrogens is 299 g/mol. The van der Waals surface area contributed by atoms with Crippen molar-refractivity contribution >= 4 is 23.6 Å². The van der Waals surface area contributed by atoms with Crippen LogP contribution >= 0.6 is 0 Å². The molecule has 1 aliphatic heterocycles. The minimum Gasteiger partial charge on any atom is -0.519 e. The van der Waals surface area contributed by atoms with E-state index in [4.69, 9.17) is 13.7 Å². The zero-order valence-corrected chi connectivity index (χ0v) is 12.8. The van der Waals surface area contributed by atoms with Gasteiger partial charge in [0.25, 0.3) is 0 Å². The average molecular weight is 312 g/mol. The highest BCUT2D eigenvalue weighted by Crippen LogP contribution is 2.35. The van der Waals surface area contributed by atoms with E-state index in [1.807, 2.05) is 78.9 Å². The molecule has 0 amide bonds. The van der Waals surface area contributed by atoms with E-state index in [-0.39, 0.29) is 0 Å². The van der Waals surface area contributed by atoms with Crippen LogP contribution in [0.5, 0.6) is 11.5 Å². The maximum absolute atomic E-state index is 6.14. The molecule has 0 fully saturated rings. The molecule has 0 aliphatic carbocycles. The summed E-state index contributed by atoms with van der Waals surface area (Å²) in [5, 5.41) is 1.01. The van der Waals surface area contributed by atoms with Gasteiger partial charge in [-0.1, -0.05) is 60.7 Å². The molecule has 0 atom stereocenters. The summed E-state index contributed by atoms with van der Waals surface area (Å²) < 4.78 is 18.2. The SMILES string of the molecule is c1ccc(-c2oc3ccccc3c2B2Oc3ccccc3O2)cc1. The summed E-state index contributed by atoms with van der Waals surface area (Å²) in [4.78, 5) is 0. The fourth-order valence-electron chi connectivity index (χ4n) is 3.12. The van der Waals surface area contributed by atoms with Crippen LogP contribution in [0.2, 0.25) is 0 Å². The Hall–Kier alpha value is -3.14. The van der Waals surface area contributed by atoms with E-state index in [9.17, 15) is 0 Å². The van der Waals surface area contributed by atoms with Crippen molar-refractivity contribution in [1.82, 2.24) is 0 Å². The molecule has 5 rings (SSSR count). The first-order valence-corrected chi connectivity index (χ1v) is 7.89. The summed E-state index contributed by atoms with van der Waals surface area (Å²) in [6.07, 6.45) is 0. The molecule has 114 valence electrons. The van der Waals surface area contributed by atoms with Crippen molar-refractivity contribution in [3.05, 3.63) is 78.9 Å². The average Bonchev–Trinajstić information content (AvgIpc) is 3.23. The van der Waals surface area contributed by atoms with E-state index in [0.29, 0.717) is 0 Å². The number of furan rings is 1. The molecule has 0 unspecified atom stereocenters. The maximum Gasteiger partial charge on any atom is 0.637 e. The first kappa shape index (κ1) is 13.3. The largest absolute Gasteiger partial charge is 0.637 e. The highest BCUT2D eigenvalue weighted by Gasteiger charge is 2.39. The van der Waals surface area contributed by atoms with Crippen LogP contribution in [0.3, 0.4) is 0 Å². The molecule has 0 N–H and O–H groups in total.